The van der Waals surface area contributed by atoms with Crippen molar-refractivity contribution in [3.8, 4) is 0 Å². The molecule has 0 bridgehead atoms. The molecule has 0 heterocycles. The Hall–Kier alpha value is -1.84. The number of benzene rings is 1. The molecular weight excluding hydrogens is 228 g/mol. The molecule has 1 rings (SSSR count). The largest absolute Gasteiger partial charge is 0.357 e. The van der Waals surface area contributed by atoms with E-state index < -0.39 is 6.04 Å². The smallest absolute Gasteiger partial charge is 0.242 e. The van der Waals surface area contributed by atoms with Gasteiger partial charge >= 0.3 is 0 Å². The van der Waals surface area contributed by atoms with Crippen molar-refractivity contribution in [2.45, 2.75) is 26.3 Å². The molecular formula is C14H20N2O2. The summed E-state index contributed by atoms with van der Waals surface area (Å²) in [5.74, 6) is -0.416. The first-order chi connectivity index (χ1) is 8.54. The van der Waals surface area contributed by atoms with Crippen LogP contribution in [0.2, 0.25) is 0 Å². The quantitative estimate of drug-likeness (QED) is 0.820. The summed E-state index contributed by atoms with van der Waals surface area (Å²) in [6.07, 6.45) is 0.499. The van der Waals surface area contributed by atoms with Gasteiger partial charge in [0, 0.05) is 19.4 Å². The minimum Gasteiger partial charge on any atom is -0.357 e. The van der Waals surface area contributed by atoms with E-state index in [-0.39, 0.29) is 17.7 Å². The highest BCUT2D eigenvalue weighted by molar-refractivity contribution is 5.88. The third kappa shape index (κ3) is 4.20. The molecule has 0 aliphatic heterocycles. The van der Waals surface area contributed by atoms with E-state index in [2.05, 4.69) is 10.6 Å². The van der Waals surface area contributed by atoms with Crippen LogP contribution in [0.1, 0.15) is 19.4 Å². The third-order valence-electron chi connectivity index (χ3n) is 2.69. The number of hydrogen-bond acceptors (Lipinski definition) is 2. The van der Waals surface area contributed by atoms with E-state index in [1.54, 1.807) is 20.9 Å². The summed E-state index contributed by atoms with van der Waals surface area (Å²) in [5.41, 5.74) is 1.02. The van der Waals surface area contributed by atoms with Gasteiger partial charge in [0.25, 0.3) is 0 Å². The fraction of sp³-hybridized carbons (Fsp3) is 0.429. The molecule has 1 aromatic rings. The van der Waals surface area contributed by atoms with E-state index in [0.717, 1.165) is 5.56 Å². The summed E-state index contributed by atoms with van der Waals surface area (Å²) in [7, 11) is 1.57. The summed E-state index contributed by atoms with van der Waals surface area (Å²) in [6.45, 7) is 3.61. The average Bonchev–Trinajstić information content (AvgIpc) is 2.38. The molecule has 0 aromatic heterocycles. The molecule has 0 radical (unpaired) electrons. The van der Waals surface area contributed by atoms with E-state index in [1.807, 2.05) is 30.3 Å². The Bertz CT molecular complexity index is 402. The van der Waals surface area contributed by atoms with Crippen LogP contribution in [0.5, 0.6) is 0 Å². The summed E-state index contributed by atoms with van der Waals surface area (Å²) in [6, 6.07) is 9.12. The Kier molecular flexibility index (Phi) is 5.36. The van der Waals surface area contributed by atoms with Crippen molar-refractivity contribution < 1.29 is 9.59 Å². The molecule has 2 N–H and O–H groups in total. The first-order valence-electron chi connectivity index (χ1n) is 6.10. The van der Waals surface area contributed by atoms with Gasteiger partial charge in [-0.1, -0.05) is 44.2 Å². The molecule has 0 aliphatic rings. The van der Waals surface area contributed by atoms with E-state index >= 15 is 0 Å². The average molecular weight is 248 g/mol. The van der Waals surface area contributed by atoms with Gasteiger partial charge in [-0.2, -0.15) is 0 Å². The second-order valence-corrected chi connectivity index (χ2v) is 4.52. The lowest BCUT2D eigenvalue weighted by atomic mass is 10.0. The first kappa shape index (κ1) is 14.2. The van der Waals surface area contributed by atoms with Gasteiger partial charge in [0.05, 0.1) is 0 Å². The number of likely N-dealkylation sites (N-methyl/N-ethyl adjacent to an activating group) is 1. The molecule has 98 valence electrons. The molecule has 0 unspecified atom stereocenters. The van der Waals surface area contributed by atoms with Crippen molar-refractivity contribution in [1.82, 2.24) is 10.6 Å². The normalized spacial score (nSPS) is 12.0. The maximum absolute atomic E-state index is 11.7. The van der Waals surface area contributed by atoms with Crippen LogP contribution in [0.15, 0.2) is 30.3 Å². The summed E-state index contributed by atoms with van der Waals surface area (Å²) in [4.78, 5) is 23.4. The number of rotatable bonds is 5. The first-order valence-corrected chi connectivity index (χ1v) is 6.10. The van der Waals surface area contributed by atoms with Gasteiger partial charge in [-0.25, -0.2) is 0 Å². The fourth-order valence-electron chi connectivity index (χ4n) is 1.57. The van der Waals surface area contributed by atoms with Gasteiger partial charge < -0.3 is 10.6 Å². The van der Waals surface area contributed by atoms with Gasteiger partial charge in [-0.3, -0.25) is 9.59 Å². The van der Waals surface area contributed by atoms with Crippen LogP contribution >= 0.6 is 0 Å². The third-order valence-corrected chi connectivity index (χ3v) is 2.69. The number of carbonyl (C=O) groups excluding carboxylic acids is 2. The van der Waals surface area contributed by atoms with Gasteiger partial charge in [-0.05, 0) is 5.56 Å². The van der Waals surface area contributed by atoms with Crippen LogP contribution in [0.25, 0.3) is 0 Å². The van der Waals surface area contributed by atoms with Crippen LogP contribution in [0.4, 0.5) is 0 Å². The zero-order valence-electron chi connectivity index (χ0n) is 11.1. The Morgan fingerprint density at radius 3 is 2.22 bits per heavy atom. The van der Waals surface area contributed by atoms with Crippen LogP contribution in [0.3, 0.4) is 0 Å². The predicted molar refractivity (Wildman–Crippen MR) is 71.0 cm³/mol. The Morgan fingerprint density at radius 1 is 1.11 bits per heavy atom. The molecule has 0 fully saturated rings. The maximum Gasteiger partial charge on any atom is 0.242 e. The van der Waals surface area contributed by atoms with Crippen molar-refractivity contribution in [3.63, 3.8) is 0 Å². The topological polar surface area (TPSA) is 58.2 Å². The fourth-order valence-corrected chi connectivity index (χ4v) is 1.57. The highest BCUT2D eigenvalue weighted by Gasteiger charge is 2.21. The van der Waals surface area contributed by atoms with Crippen molar-refractivity contribution in [2.75, 3.05) is 7.05 Å². The molecule has 2 amide bonds. The van der Waals surface area contributed by atoms with Gasteiger partial charge in [-0.15, -0.1) is 0 Å². The van der Waals surface area contributed by atoms with Crippen LogP contribution in [-0.4, -0.2) is 24.9 Å². The number of carbonyl (C=O) groups is 2. The lowest BCUT2D eigenvalue weighted by Crippen LogP contribution is -2.48. The van der Waals surface area contributed by atoms with E-state index in [0.29, 0.717) is 6.42 Å². The minimum absolute atomic E-state index is 0.112. The zero-order valence-corrected chi connectivity index (χ0v) is 11.1. The molecule has 0 saturated carbocycles. The molecule has 4 heteroatoms. The van der Waals surface area contributed by atoms with Crippen molar-refractivity contribution in [3.05, 3.63) is 35.9 Å². The van der Waals surface area contributed by atoms with Crippen molar-refractivity contribution in [2.24, 2.45) is 5.92 Å². The molecule has 4 nitrogen and oxygen atoms in total. The highest BCUT2D eigenvalue weighted by atomic mass is 16.2. The highest BCUT2D eigenvalue weighted by Crippen LogP contribution is 2.04. The van der Waals surface area contributed by atoms with E-state index in [4.69, 9.17) is 0 Å². The lowest BCUT2D eigenvalue weighted by molar-refractivity contribution is -0.130. The lowest BCUT2D eigenvalue weighted by Gasteiger charge is -2.18. The van der Waals surface area contributed by atoms with Gasteiger partial charge in [0.2, 0.25) is 11.8 Å². The second kappa shape index (κ2) is 6.79. The van der Waals surface area contributed by atoms with Crippen LogP contribution in [-0.2, 0) is 16.0 Å². The zero-order chi connectivity index (χ0) is 13.5. The molecule has 0 saturated heterocycles. The van der Waals surface area contributed by atoms with Gasteiger partial charge in [0.1, 0.15) is 6.04 Å². The van der Waals surface area contributed by atoms with E-state index in [1.165, 1.54) is 0 Å². The van der Waals surface area contributed by atoms with Crippen LogP contribution in [0, 0.1) is 5.92 Å². The predicted octanol–water partition coefficient (Wildman–Crippen LogP) is 1.12. The molecule has 1 atom stereocenters. The maximum atomic E-state index is 11.7. The van der Waals surface area contributed by atoms with E-state index in [9.17, 15) is 9.59 Å². The van der Waals surface area contributed by atoms with Gasteiger partial charge in [0.15, 0.2) is 0 Å². The Balaban J connectivity index is 2.73. The molecule has 18 heavy (non-hydrogen) atoms. The summed E-state index contributed by atoms with van der Waals surface area (Å²) in [5, 5.41) is 5.34. The van der Waals surface area contributed by atoms with Crippen LogP contribution < -0.4 is 10.6 Å². The Labute approximate surface area is 108 Å². The number of amides is 2. The Morgan fingerprint density at radius 2 is 1.72 bits per heavy atom. The van der Waals surface area contributed by atoms with Crippen molar-refractivity contribution >= 4 is 11.8 Å². The second-order valence-electron chi connectivity index (χ2n) is 4.52. The summed E-state index contributed by atoms with van der Waals surface area (Å²) < 4.78 is 0. The molecule has 1 aromatic carbocycles. The summed E-state index contributed by atoms with van der Waals surface area (Å²) >= 11 is 0. The standard InChI is InChI=1S/C14H20N2O2/c1-10(2)13(17)16-12(14(18)15-3)9-11-7-5-4-6-8-11/h4-8,10,12H,9H2,1-3H3,(H,15,18)(H,16,17)/t12-/m0/s1. The SMILES string of the molecule is CNC(=O)[C@H](Cc1ccccc1)NC(=O)C(C)C. The number of nitrogens with one attached hydrogen (secondary N) is 2. The number of hydrogen-bond donors (Lipinski definition) is 2. The molecule has 0 aliphatic carbocycles. The van der Waals surface area contributed by atoms with Crippen molar-refractivity contribution in [1.29, 1.82) is 0 Å². The monoisotopic (exact) mass is 248 g/mol. The minimum atomic E-state index is -0.521. The molecule has 0 spiro atoms.